The predicted molar refractivity (Wildman–Crippen MR) is 45.2 cm³/mol. The Kier molecular flexibility index (Phi) is 7.66. The normalized spacial score (nSPS) is 6.17. The summed E-state index contributed by atoms with van der Waals surface area (Å²) in [4.78, 5) is 0. The van der Waals surface area contributed by atoms with E-state index < -0.39 is 0 Å². The molecular formula is C10H8N2. The van der Waals surface area contributed by atoms with Crippen LogP contribution in [0.1, 0.15) is 25.7 Å². The first-order valence-corrected chi connectivity index (χ1v) is 3.61. The van der Waals surface area contributed by atoms with Crippen LogP contribution in [0.3, 0.4) is 0 Å². The summed E-state index contributed by atoms with van der Waals surface area (Å²) >= 11 is 0. The van der Waals surface area contributed by atoms with Crippen molar-refractivity contribution in [3.63, 3.8) is 0 Å². The van der Waals surface area contributed by atoms with E-state index in [4.69, 9.17) is 10.5 Å². The second-order valence-electron chi connectivity index (χ2n) is 1.92. The van der Waals surface area contributed by atoms with Crippen LogP contribution < -0.4 is 0 Å². The highest BCUT2D eigenvalue weighted by Crippen LogP contribution is 1.82. The van der Waals surface area contributed by atoms with Gasteiger partial charge in [-0.3, -0.25) is 0 Å². The fourth-order valence-corrected chi connectivity index (χ4v) is 0.450. The summed E-state index contributed by atoms with van der Waals surface area (Å²) < 4.78 is 0. The maximum atomic E-state index is 8.15. The van der Waals surface area contributed by atoms with Crippen LogP contribution in [0.4, 0.5) is 0 Å². The highest BCUT2D eigenvalue weighted by Gasteiger charge is 1.74. The van der Waals surface area contributed by atoms with Crippen molar-refractivity contribution < 1.29 is 0 Å². The molecule has 0 radical (unpaired) electrons. The van der Waals surface area contributed by atoms with E-state index in [1.54, 1.807) is 0 Å². The van der Waals surface area contributed by atoms with Crippen molar-refractivity contribution in [3.05, 3.63) is 0 Å². The minimum atomic E-state index is 0.451. The van der Waals surface area contributed by atoms with Gasteiger partial charge in [-0.1, -0.05) is 11.8 Å². The first-order chi connectivity index (χ1) is 5.91. The zero-order valence-corrected chi connectivity index (χ0v) is 6.72. The number of nitriles is 2. The van der Waals surface area contributed by atoms with Crippen LogP contribution in [0.25, 0.3) is 0 Å². The van der Waals surface area contributed by atoms with Crippen LogP contribution in [0.2, 0.25) is 0 Å². The van der Waals surface area contributed by atoms with Crippen LogP contribution in [-0.4, -0.2) is 0 Å². The first-order valence-electron chi connectivity index (χ1n) is 3.61. The molecule has 0 unspecified atom stereocenters. The zero-order chi connectivity index (χ0) is 9.07. The van der Waals surface area contributed by atoms with Gasteiger partial charge in [-0.2, -0.15) is 10.5 Å². The highest BCUT2D eigenvalue weighted by atomic mass is 14.2. The maximum absolute atomic E-state index is 8.15. The molecule has 0 N–H and O–H groups in total. The van der Waals surface area contributed by atoms with Crippen molar-refractivity contribution in [2.45, 2.75) is 25.7 Å². The lowest BCUT2D eigenvalue weighted by molar-refractivity contribution is 1.09. The first kappa shape index (κ1) is 10.1. The van der Waals surface area contributed by atoms with Gasteiger partial charge in [-0.15, -0.1) is 0 Å². The molecule has 58 valence electrons. The zero-order valence-electron chi connectivity index (χ0n) is 6.72. The molecule has 0 saturated heterocycles. The fourth-order valence-electron chi connectivity index (χ4n) is 0.450. The second-order valence-corrected chi connectivity index (χ2v) is 1.92. The molecule has 0 aliphatic carbocycles. The van der Waals surface area contributed by atoms with Gasteiger partial charge in [-0.05, 0) is 11.8 Å². The Bertz CT molecular complexity index is 272. The second kappa shape index (κ2) is 9.10. The lowest BCUT2D eigenvalue weighted by atomic mass is 10.3. The SMILES string of the molecule is N#CCCC#CC#CCCC#N. The lowest BCUT2D eigenvalue weighted by Crippen LogP contribution is -1.65. The number of hydrogen-bond acceptors (Lipinski definition) is 2. The third-order valence-electron chi connectivity index (χ3n) is 0.963. The molecule has 0 atom stereocenters. The Labute approximate surface area is 72.8 Å². The van der Waals surface area contributed by atoms with Crippen LogP contribution >= 0.6 is 0 Å². The standard InChI is InChI=1S/C10H8N2/c11-9-7-5-3-1-2-4-6-8-10-12/h5-8H2. The summed E-state index contributed by atoms with van der Waals surface area (Å²) in [6, 6.07) is 3.97. The van der Waals surface area contributed by atoms with E-state index in [-0.39, 0.29) is 0 Å². The molecule has 0 heterocycles. The van der Waals surface area contributed by atoms with Crippen LogP contribution in [0.15, 0.2) is 0 Å². The van der Waals surface area contributed by atoms with Gasteiger partial charge < -0.3 is 0 Å². The van der Waals surface area contributed by atoms with E-state index in [0.717, 1.165) is 0 Å². The summed E-state index contributed by atoms with van der Waals surface area (Å²) in [5, 5.41) is 16.3. The minimum absolute atomic E-state index is 0.451. The molecule has 0 fully saturated rings. The molecule has 2 nitrogen and oxygen atoms in total. The molecule has 0 spiro atoms. The minimum Gasteiger partial charge on any atom is -0.198 e. The fraction of sp³-hybridized carbons (Fsp3) is 0.400. The molecule has 0 bridgehead atoms. The van der Waals surface area contributed by atoms with Crippen molar-refractivity contribution in [1.29, 1.82) is 10.5 Å². The molecular weight excluding hydrogens is 148 g/mol. The average Bonchev–Trinajstić information content (AvgIpc) is 2.10. The topological polar surface area (TPSA) is 47.6 Å². The molecule has 0 aromatic carbocycles. The van der Waals surface area contributed by atoms with Gasteiger partial charge >= 0.3 is 0 Å². The Morgan fingerprint density at radius 3 is 1.42 bits per heavy atom. The summed E-state index contributed by atoms with van der Waals surface area (Å²) in [6.07, 6.45) is 2.05. The van der Waals surface area contributed by atoms with E-state index in [9.17, 15) is 0 Å². The highest BCUT2D eigenvalue weighted by molar-refractivity contribution is 5.26. The van der Waals surface area contributed by atoms with E-state index in [1.165, 1.54) is 0 Å². The predicted octanol–water partition coefficient (Wildman–Crippen LogP) is 1.60. The quantitative estimate of drug-likeness (QED) is 0.450. The van der Waals surface area contributed by atoms with Gasteiger partial charge in [0.25, 0.3) is 0 Å². The number of hydrogen-bond donors (Lipinski definition) is 0. The molecule has 2 heteroatoms. The van der Waals surface area contributed by atoms with Crippen molar-refractivity contribution in [1.82, 2.24) is 0 Å². The van der Waals surface area contributed by atoms with Gasteiger partial charge in [0.1, 0.15) is 0 Å². The van der Waals surface area contributed by atoms with E-state index in [0.29, 0.717) is 25.7 Å². The molecule has 0 rings (SSSR count). The molecule has 0 amide bonds. The summed E-state index contributed by atoms with van der Waals surface area (Å²) in [7, 11) is 0. The Balaban J connectivity index is 3.48. The maximum Gasteiger partial charge on any atom is 0.0631 e. The molecule has 0 aliphatic rings. The van der Waals surface area contributed by atoms with Gasteiger partial charge in [0.2, 0.25) is 0 Å². The number of nitrogens with zero attached hydrogens (tertiary/aromatic N) is 2. The molecule has 0 aliphatic heterocycles. The van der Waals surface area contributed by atoms with Gasteiger partial charge in [0.05, 0.1) is 12.1 Å². The number of rotatable bonds is 2. The molecule has 0 saturated carbocycles. The Morgan fingerprint density at radius 1 is 0.667 bits per heavy atom. The van der Waals surface area contributed by atoms with Crippen molar-refractivity contribution in [2.75, 3.05) is 0 Å². The van der Waals surface area contributed by atoms with Gasteiger partial charge in [-0.25, -0.2) is 0 Å². The van der Waals surface area contributed by atoms with E-state index in [1.807, 2.05) is 12.1 Å². The summed E-state index contributed by atoms with van der Waals surface area (Å²) in [5.74, 6) is 10.7. The summed E-state index contributed by atoms with van der Waals surface area (Å²) in [6.45, 7) is 0. The molecule has 12 heavy (non-hydrogen) atoms. The van der Waals surface area contributed by atoms with Gasteiger partial charge in [0, 0.05) is 25.7 Å². The molecule has 0 aromatic rings. The largest absolute Gasteiger partial charge is 0.198 e. The van der Waals surface area contributed by atoms with E-state index in [2.05, 4.69) is 23.7 Å². The third kappa shape index (κ3) is 8.10. The van der Waals surface area contributed by atoms with Crippen LogP contribution in [-0.2, 0) is 0 Å². The van der Waals surface area contributed by atoms with Crippen molar-refractivity contribution >= 4 is 0 Å². The Hall–Kier alpha value is -1.90. The van der Waals surface area contributed by atoms with Crippen LogP contribution in [0.5, 0.6) is 0 Å². The Morgan fingerprint density at radius 2 is 1.08 bits per heavy atom. The average molecular weight is 156 g/mol. The van der Waals surface area contributed by atoms with Crippen LogP contribution in [0, 0.1) is 46.3 Å². The van der Waals surface area contributed by atoms with Crippen molar-refractivity contribution in [3.8, 4) is 35.8 Å². The number of unbranched alkanes of at least 4 members (excludes halogenated alkanes) is 2. The van der Waals surface area contributed by atoms with Crippen molar-refractivity contribution in [2.24, 2.45) is 0 Å². The smallest absolute Gasteiger partial charge is 0.0631 e. The lowest BCUT2D eigenvalue weighted by Gasteiger charge is -1.72. The summed E-state index contributed by atoms with van der Waals surface area (Å²) in [5.41, 5.74) is 0. The van der Waals surface area contributed by atoms with E-state index >= 15 is 0 Å². The molecule has 0 aromatic heterocycles. The monoisotopic (exact) mass is 156 g/mol. The third-order valence-corrected chi connectivity index (χ3v) is 0.963. The van der Waals surface area contributed by atoms with Gasteiger partial charge in [0.15, 0.2) is 0 Å².